The van der Waals surface area contributed by atoms with E-state index in [0.717, 1.165) is 0 Å². The van der Waals surface area contributed by atoms with Crippen molar-refractivity contribution in [2.75, 3.05) is 0 Å². The topological polar surface area (TPSA) is 0 Å². The Kier molecular flexibility index (Phi) is 528. The third-order valence-electron chi connectivity index (χ3n) is 0. The van der Waals surface area contributed by atoms with Gasteiger partial charge < -0.3 is 0 Å². The van der Waals surface area contributed by atoms with Crippen molar-refractivity contribution in [2.24, 2.45) is 0 Å². The van der Waals surface area contributed by atoms with Gasteiger partial charge in [-0.15, -0.1) is 73.6 Å². The highest BCUT2D eigenvalue weighted by molar-refractivity contribution is 14.0. The first-order valence-corrected chi connectivity index (χ1v) is 0. The number of halogens is 5. The van der Waals surface area contributed by atoms with E-state index in [-0.39, 0.29) is 73.6 Å². The second-order valence-electron chi connectivity index (χ2n) is 0. The van der Waals surface area contributed by atoms with Crippen molar-refractivity contribution in [3.05, 3.63) is 0 Å². The zero-order valence-electron chi connectivity index (χ0n) is 2.04. The summed E-state index contributed by atoms with van der Waals surface area (Å²) in [6.07, 6.45) is 0. The van der Waals surface area contributed by atoms with Crippen LogP contribution >= 0.6 is 73.6 Å². The minimum Gasteiger partial charge on any atom is -0.147 e. The number of hydrogen-bond acceptors (Lipinski definition) is 0. The molecule has 0 radical (unpaired) electrons. The van der Waals surface area contributed by atoms with Crippen molar-refractivity contribution in [2.45, 2.75) is 0 Å². The molecule has 0 fully saturated rings. The van der Waals surface area contributed by atoms with Crippen LogP contribution in [0.15, 0.2) is 0 Å². The summed E-state index contributed by atoms with van der Waals surface area (Å²) in [7, 11) is 0. The van der Waals surface area contributed by atoms with E-state index in [1.807, 2.05) is 0 Å². The zero-order chi connectivity index (χ0) is 0. The van der Waals surface area contributed by atoms with Gasteiger partial charge in [-0.3, -0.25) is 0 Å². The lowest BCUT2D eigenvalue weighted by atomic mass is 35.5. The molecule has 0 bridgehead atoms. The molecule has 0 aromatic heterocycles. The Bertz CT molecular complexity index is 3.61. The molecule has 0 nitrogen and oxygen atoms in total. The summed E-state index contributed by atoms with van der Waals surface area (Å²) in [6.45, 7) is 0. The number of hydrogen-bond donors (Lipinski definition) is 0. The van der Waals surface area contributed by atoms with Gasteiger partial charge in [-0.25, -0.2) is 0 Å². The van der Waals surface area contributed by atoms with Crippen LogP contribution in [0.5, 0.6) is 0 Å². The van der Waals surface area contributed by atoms with Gasteiger partial charge in [-0.1, -0.05) is 0 Å². The van der Waals surface area contributed by atoms with E-state index in [1.165, 1.54) is 0 Å². The van der Waals surface area contributed by atoms with E-state index in [9.17, 15) is 0 Å². The highest BCUT2D eigenvalue weighted by Gasteiger charge is -0.107. The van der Waals surface area contributed by atoms with Crippen molar-refractivity contribution >= 4 is 73.6 Å². The lowest BCUT2D eigenvalue weighted by Crippen LogP contribution is 0.688. The second-order valence-corrected chi connectivity index (χ2v) is 0. The Labute approximate surface area is 73.1 Å². The van der Waals surface area contributed by atoms with Gasteiger partial charge in [-0.05, 0) is 0 Å². The Balaban J connectivity index is 0. The van der Waals surface area contributed by atoms with Gasteiger partial charge in [0.1, 0.15) is 0 Å². The molecule has 0 saturated heterocycles. The van der Waals surface area contributed by atoms with E-state index < -0.39 is 0 Å². The molecule has 40 valence electrons. The lowest BCUT2D eigenvalue weighted by Gasteiger charge is -0.148. The van der Waals surface area contributed by atoms with Crippen LogP contribution in [-0.2, 0) is 0 Å². The van der Waals surface area contributed by atoms with Crippen molar-refractivity contribution in [3.63, 3.8) is 0 Å². The molecular formula is H5Cl4I. The first-order chi connectivity index (χ1) is 0. The fourth-order valence-corrected chi connectivity index (χ4v) is 0. The summed E-state index contributed by atoms with van der Waals surface area (Å²) >= 11 is 0. The molecule has 0 aromatic carbocycles. The van der Waals surface area contributed by atoms with Crippen LogP contribution in [0, 0.1) is 0 Å². The van der Waals surface area contributed by atoms with Gasteiger partial charge in [0, 0.05) is 0 Å². The Morgan fingerprint density at radius 2 is 0.400 bits per heavy atom. The molecule has 0 amide bonds. The fraction of sp³-hybridized carbons (Fsp3) is 0. The maximum Gasteiger partial charge on any atom is -0.107 e. The zero-order valence-corrected chi connectivity index (χ0v) is 7.64. The molecule has 0 saturated carbocycles. The fourth-order valence-electron chi connectivity index (χ4n) is 0. The minimum absolute atomic E-state index is 0. The minimum atomic E-state index is 0. The summed E-state index contributed by atoms with van der Waals surface area (Å²) in [6, 6.07) is 0. The monoisotopic (exact) mass is 272 g/mol. The van der Waals surface area contributed by atoms with Crippen LogP contribution in [0.3, 0.4) is 0 Å². The predicted octanol–water partition coefficient (Wildman–Crippen LogP) is 2.31. The van der Waals surface area contributed by atoms with E-state index in [4.69, 9.17) is 0 Å². The molecule has 0 aliphatic rings. The molecule has 5 heteroatoms. The molecule has 0 aromatic rings. The van der Waals surface area contributed by atoms with Crippen LogP contribution in [-0.4, -0.2) is 0 Å². The van der Waals surface area contributed by atoms with Crippen molar-refractivity contribution in [3.8, 4) is 0 Å². The largest absolute Gasteiger partial charge is 0.147 e. The van der Waals surface area contributed by atoms with E-state index in [2.05, 4.69) is 0 Å². The summed E-state index contributed by atoms with van der Waals surface area (Å²) in [4.78, 5) is 0. The Morgan fingerprint density at radius 3 is 0.400 bits per heavy atom. The van der Waals surface area contributed by atoms with E-state index >= 15 is 0 Å². The van der Waals surface area contributed by atoms with Crippen LogP contribution in [0.25, 0.3) is 0 Å². The summed E-state index contributed by atoms with van der Waals surface area (Å²) < 4.78 is 0. The molecule has 0 aliphatic heterocycles. The molecule has 5 heavy (non-hydrogen) atoms. The molecule has 0 atom stereocenters. The summed E-state index contributed by atoms with van der Waals surface area (Å²) in [5, 5.41) is 0. The van der Waals surface area contributed by atoms with Gasteiger partial charge in [0.2, 0.25) is 0 Å². The van der Waals surface area contributed by atoms with Gasteiger partial charge in [0.25, 0.3) is 0 Å². The standard InChI is InChI=1S/4ClH.HI/h5*1H. The van der Waals surface area contributed by atoms with Crippen molar-refractivity contribution in [1.82, 2.24) is 0 Å². The normalized spacial score (nSPS) is 0. The molecular weight excluding hydrogens is 269 g/mol. The van der Waals surface area contributed by atoms with Gasteiger partial charge >= 0.3 is 0 Å². The van der Waals surface area contributed by atoms with Crippen LogP contribution in [0.2, 0.25) is 0 Å². The van der Waals surface area contributed by atoms with E-state index in [0.29, 0.717) is 0 Å². The van der Waals surface area contributed by atoms with Gasteiger partial charge in [-0.2, -0.15) is 0 Å². The smallest absolute Gasteiger partial charge is 0.107 e. The summed E-state index contributed by atoms with van der Waals surface area (Å²) in [5.74, 6) is 0. The van der Waals surface area contributed by atoms with E-state index in [1.54, 1.807) is 0 Å². The molecule has 0 heterocycles. The SMILES string of the molecule is Cl.Cl.Cl.Cl.I. The quantitative estimate of drug-likeness (QED) is 0.594. The second kappa shape index (κ2) is 39.4. The van der Waals surface area contributed by atoms with Crippen molar-refractivity contribution in [1.29, 1.82) is 0 Å². The average molecular weight is 274 g/mol. The summed E-state index contributed by atoms with van der Waals surface area (Å²) in [5.41, 5.74) is 0. The molecule has 0 rings (SSSR count). The van der Waals surface area contributed by atoms with Crippen LogP contribution < -0.4 is 0 Å². The highest BCUT2D eigenvalue weighted by Crippen LogP contribution is 0.886. The Morgan fingerprint density at radius 1 is 0.400 bits per heavy atom. The molecule has 0 N–H and O–H groups in total. The first kappa shape index (κ1) is 66.9. The molecule has 0 spiro atoms. The van der Waals surface area contributed by atoms with Gasteiger partial charge in [0.05, 0.1) is 0 Å². The van der Waals surface area contributed by atoms with Crippen LogP contribution in [0.4, 0.5) is 0 Å². The van der Waals surface area contributed by atoms with Crippen LogP contribution in [0.1, 0.15) is 0 Å². The average Bonchev–Trinajstić information content (AvgIpc) is 0. The predicted molar refractivity (Wildman–Crippen MR) is 44.4 cm³/mol. The third-order valence-corrected chi connectivity index (χ3v) is 0. The number of rotatable bonds is 0. The first-order valence-electron chi connectivity index (χ1n) is 0. The molecule has 0 unspecified atom stereocenters. The lowest BCUT2D eigenvalue weighted by molar-refractivity contribution is 5.85. The van der Waals surface area contributed by atoms with Crippen molar-refractivity contribution < 1.29 is 0 Å². The maximum absolute atomic E-state index is 0. The maximum atomic E-state index is 0. The third kappa shape index (κ3) is 25.0. The highest BCUT2D eigenvalue weighted by atomic mass is 127. The molecule has 0 aliphatic carbocycles. The Hall–Kier alpha value is 1.89. The van der Waals surface area contributed by atoms with Gasteiger partial charge in [0.15, 0.2) is 0 Å².